The summed E-state index contributed by atoms with van der Waals surface area (Å²) in [5, 5.41) is 12.7. The van der Waals surface area contributed by atoms with E-state index in [2.05, 4.69) is 10.3 Å². The van der Waals surface area contributed by atoms with Crippen LogP contribution in [0.3, 0.4) is 0 Å². The minimum absolute atomic E-state index is 0.377. The second-order valence-electron chi connectivity index (χ2n) is 4.51. The Hall–Kier alpha value is -1.89. The Labute approximate surface area is 97.3 Å². The summed E-state index contributed by atoms with van der Waals surface area (Å²) in [7, 11) is 0. The molecule has 2 heterocycles. The summed E-state index contributed by atoms with van der Waals surface area (Å²) in [6.07, 6.45) is 0. The summed E-state index contributed by atoms with van der Waals surface area (Å²) in [5.41, 5.74) is 3.53. The van der Waals surface area contributed by atoms with Crippen molar-refractivity contribution < 1.29 is 9.90 Å². The standard InChI is InChI=1S/C10H14N4O3/c1-10(2)9-13-5(7(11)16)6(15)8(17)14(9)4-3-12-10/h12,15H,3-4H2,1-2H3,(H2,11,16). The maximum absolute atomic E-state index is 11.9. The normalized spacial score (nSPS) is 17.5. The van der Waals surface area contributed by atoms with Gasteiger partial charge in [0.05, 0.1) is 5.54 Å². The second kappa shape index (κ2) is 3.56. The molecule has 0 aromatic carbocycles. The van der Waals surface area contributed by atoms with Crippen LogP contribution in [0.1, 0.15) is 30.2 Å². The number of amides is 1. The van der Waals surface area contributed by atoms with Gasteiger partial charge >= 0.3 is 0 Å². The average Bonchev–Trinajstić information content (AvgIpc) is 2.22. The second-order valence-corrected chi connectivity index (χ2v) is 4.51. The molecule has 17 heavy (non-hydrogen) atoms. The van der Waals surface area contributed by atoms with Crippen LogP contribution in [-0.2, 0) is 12.1 Å². The zero-order valence-corrected chi connectivity index (χ0v) is 9.65. The minimum Gasteiger partial charge on any atom is -0.501 e. The van der Waals surface area contributed by atoms with Crippen molar-refractivity contribution in [2.45, 2.75) is 25.9 Å². The molecule has 1 amide bonds. The van der Waals surface area contributed by atoms with Crippen LogP contribution in [0.4, 0.5) is 0 Å². The molecule has 7 heteroatoms. The van der Waals surface area contributed by atoms with Crippen LogP contribution in [-0.4, -0.2) is 27.1 Å². The zero-order chi connectivity index (χ0) is 12.8. The van der Waals surface area contributed by atoms with Gasteiger partial charge in [0.2, 0.25) is 5.75 Å². The van der Waals surface area contributed by atoms with Gasteiger partial charge in [0.25, 0.3) is 11.5 Å². The third-order valence-corrected chi connectivity index (χ3v) is 2.84. The van der Waals surface area contributed by atoms with Gasteiger partial charge in [-0.15, -0.1) is 0 Å². The molecule has 1 aliphatic rings. The monoisotopic (exact) mass is 238 g/mol. The van der Waals surface area contributed by atoms with Crippen LogP contribution >= 0.6 is 0 Å². The molecule has 1 aliphatic heterocycles. The van der Waals surface area contributed by atoms with E-state index in [1.54, 1.807) is 0 Å². The number of nitrogens with two attached hydrogens (primary N) is 1. The van der Waals surface area contributed by atoms with Gasteiger partial charge in [-0.25, -0.2) is 4.98 Å². The van der Waals surface area contributed by atoms with Crippen LogP contribution in [0.25, 0.3) is 0 Å². The number of hydrogen-bond acceptors (Lipinski definition) is 5. The molecule has 4 N–H and O–H groups in total. The van der Waals surface area contributed by atoms with Crippen molar-refractivity contribution in [1.29, 1.82) is 0 Å². The first-order valence-corrected chi connectivity index (χ1v) is 5.23. The Morgan fingerprint density at radius 1 is 1.59 bits per heavy atom. The van der Waals surface area contributed by atoms with Crippen molar-refractivity contribution in [3.05, 3.63) is 21.9 Å². The molecule has 7 nitrogen and oxygen atoms in total. The molecule has 0 spiro atoms. The summed E-state index contributed by atoms with van der Waals surface area (Å²) in [4.78, 5) is 27.0. The smallest absolute Gasteiger partial charge is 0.296 e. The number of aromatic hydroxyl groups is 1. The number of rotatable bonds is 1. The van der Waals surface area contributed by atoms with Crippen LogP contribution in [0, 0.1) is 0 Å². The van der Waals surface area contributed by atoms with Crippen molar-refractivity contribution in [1.82, 2.24) is 14.9 Å². The van der Waals surface area contributed by atoms with Gasteiger partial charge in [-0.3, -0.25) is 14.2 Å². The molecule has 92 valence electrons. The fraction of sp³-hybridized carbons (Fsp3) is 0.500. The van der Waals surface area contributed by atoms with Gasteiger partial charge in [0.1, 0.15) is 5.82 Å². The van der Waals surface area contributed by atoms with E-state index >= 15 is 0 Å². The first-order valence-electron chi connectivity index (χ1n) is 5.23. The molecule has 0 unspecified atom stereocenters. The van der Waals surface area contributed by atoms with Gasteiger partial charge in [0.15, 0.2) is 5.69 Å². The van der Waals surface area contributed by atoms with Crippen molar-refractivity contribution >= 4 is 5.91 Å². The number of nitrogens with one attached hydrogen (secondary N) is 1. The van der Waals surface area contributed by atoms with Crippen LogP contribution < -0.4 is 16.6 Å². The minimum atomic E-state index is -0.913. The average molecular weight is 238 g/mol. The van der Waals surface area contributed by atoms with Gasteiger partial charge in [0, 0.05) is 13.1 Å². The Morgan fingerprint density at radius 3 is 2.82 bits per heavy atom. The van der Waals surface area contributed by atoms with E-state index in [1.165, 1.54) is 4.57 Å². The van der Waals surface area contributed by atoms with Crippen LogP contribution in [0.15, 0.2) is 4.79 Å². The van der Waals surface area contributed by atoms with Crippen LogP contribution in [0.5, 0.6) is 5.75 Å². The van der Waals surface area contributed by atoms with Crippen molar-refractivity contribution in [3.8, 4) is 5.75 Å². The van der Waals surface area contributed by atoms with Gasteiger partial charge in [-0.1, -0.05) is 0 Å². The molecular weight excluding hydrogens is 224 g/mol. The number of carbonyl (C=O) groups excluding carboxylic acids is 1. The van der Waals surface area contributed by atoms with Gasteiger partial charge in [-0.2, -0.15) is 0 Å². The molecule has 0 atom stereocenters. The third kappa shape index (κ3) is 1.68. The molecule has 0 aliphatic carbocycles. The Morgan fingerprint density at radius 2 is 2.24 bits per heavy atom. The summed E-state index contributed by atoms with van der Waals surface area (Å²) in [6, 6.07) is 0. The molecule has 0 saturated carbocycles. The maximum Gasteiger partial charge on any atom is 0.296 e. The maximum atomic E-state index is 11.9. The topological polar surface area (TPSA) is 110 Å². The van der Waals surface area contributed by atoms with Crippen molar-refractivity contribution in [3.63, 3.8) is 0 Å². The van der Waals surface area contributed by atoms with E-state index in [1.807, 2.05) is 13.8 Å². The third-order valence-electron chi connectivity index (χ3n) is 2.84. The number of fused-ring (bicyclic) bond motifs is 1. The lowest BCUT2D eigenvalue weighted by atomic mass is 10.0. The Kier molecular flexibility index (Phi) is 2.43. The molecule has 1 aromatic rings. The lowest BCUT2D eigenvalue weighted by molar-refractivity contribution is 0.0990. The van der Waals surface area contributed by atoms with Crippen molar-refractivity contribution in [2.75, 3.05) is 6.54 Å². The molecule has 1 aromatic heterocycles. The van der Waals surface area contributed by atoms with Gasteiger partial charge < -0.3 is 16.2 Å². The molecule has 2 rings (SSSR count). The predicted molar refractivity (Wildman–Crippen MR) is 59.7 cm³/mol. The highest BCUT2D eigenvalue weighted by atomic mass is 16.3. The molecule has 0 radical (unpaired) electrons. The summed E-state index contributed by atoms with van der Waals surface area (Å²) >= 11 is 0. The quantitative estimate of drug-likeness (QED) is 0.574. The first kappa shape index (κ1) is 11.6. The lowest BCUT2D eigenvalue weighted by Crippen LogP contribution is -2.50. The highest BCUT2D eigenvalue weighted by molar-refractivity contribution is 5.93. The molecule has 0 bridgehead atoms. The Bertz CT molecular complexity index is 547. The van der Waals surface area contributed by atoms with E-state index in [0.29, 0.717) is 18.9 Å². The zero-order valence-electron chi connectivity index (χ0n) is 9.65. The first-order chi connectivity index (χ1) is 7.84. The number of hydrogen-bond donors (Lipinski definition) is 3. The van der Waals surface area contributed by atoms with E-state index in [9.17, 15) is 14.7 Å². The number of carbonyl (C=O) groups is 1. The SMILES string of the molecule is CC1(C)NCCn2c1nc(C(N)=O)c(O)c2=O. The van der Waals surface area contributed by atoms with Gasteiger partial charge in [-0.05, 0) is 13.8 Å². The Balaban J connectivity index is 2.78. The van der Waals surface area contributed by atoms with E-state index in [4.69, 9.17) is 5.73 Å². The highest BCUT2D eigenvalue weighted by Gasteiger charge is 2.32. The number of primary amides is 1. The lowest BCUT2D eigenvalue weighted by Gasteiger charge is -2.33. The van der Waals surface area contributed by atoms with E-state index in [0.717, 1.165) is 0 Å². The molecular formula is C10H14N4O3. The molecule has 0 fully saturated rings. The fourth-order valence-electron chi connectivity index (χ4n) is 1.96. The predicted octanol–water partition coefficient (Wildman–Crippen LogP) is -1.11. The number of aromatic nitrogens is 2. The summed E-state index contributed by atoms with van der Waals surface area (Å²) in [5.74, 6) is -1.19. The fourth-order valence-corrected chi connectivity index (χ4v) is 1.96. The molecule has 0 saturated heterocycles. The summed E-state index contributed by atoms with van der Waals surface area (Å²) < 4.78 is 1.36. The largest absolute Gasteiger partial charge is 0.501 e. The summed E-state index contributed by atoms with van der Waals surface area (Å²) in [6.45, 7) is 4.67. The van der Waals surface area contributed by atoms with Crippen molar-refractivity contribution in [2.24, 2.45) is 5.73 Å². The number of nitrogens with zero attached hydrogens (tertiary/aromatic N) is 2. The highest BCUT2D eigenvalue weighted by Crippen LogP contribution is 2.22. The van der Waals surface area contributed by atoms with Crippen LogP contribution in [0.2, 0.25) is 0 Å². The van der Waals surface area contributed by atoms with E-state index < -0.39 is 22.8 Å². The van der Waals surface area contributed by atoms with E-state index in [-0.39, 0.29) is 5.69 Å².